The van der Waals surface area contributed by atoms with E-state index in [4.69, 9.17) is 38.5 Å². The van der Waals surface area contributed by atoms with Gasteiger partial charge in [-0.2, -0.15) is 0 Å². The molecule has 52 heavy (non-hydrogen) atoms. The maximum Gasteiger partial charge on any atom is 0.201 e. The van der Waals surface area contributed by atoms with Crippen molar-refractivity contribution in [1.29, 1.82) is 0 Å². The van der Waals surface area contributed by atoms with Crippen LogP contribution in [0.1, 0.15) is 128 Å². The fraction of sp³-hybridized carbons (Fsp3) is 0.857. The third-order valence-corrected chi connectivity index (χ3v) is 15.8. The molecule has 0 aromatic heterocycles. The maximum absolute atomic E-state index is 10.3. The van der Waals surface area contributed by atoms with Gasteiger partial charge in [0.15, 0.2) is 23.8 Å². The zero-order chi connectivity index (χ0) is 36.2. The number of aliphatic hydroxyl groups is 2. The zero-order valence-electron chi connectivity index (χ0n) is 32.1. The highest BCUT2D eigenvalue weighted by Crippen LogP contribution is 2.62. The number of aliphatic hydroxyl groups excluding tert-OH is 2. The summed E-state index contributed by atoms with van der Waals surface area (Å²) in [5.41, 5.74) is 2.82. The third-order valence-electron chi connectivity index (χ3n) is 15.8. The lowest BCUT2D eigenvalue weighted by Gasteiger charge is -2.60. The van der Waals surface area contributed by atoms with Crippen LogP contribution in [0.3, 0.4) is 0 Å². The lowest BCUT2D eigenvalue weighted by Crippen LogP contribution is -2.70. The molecule has 4 unspecified atom stereocenters. The average molecular weight is 727 g/mol. The Kier molecular flexibility index (Phi) is 9.26. The van der Waals surface area contributed by atoms with E-state index in [9.17, 15) is 10.2 Å². The van der Waals surface area contributed by atoms with Crippen LogP contribution in [0.2, 0.25) is 0 Å². The molecule has 10 nitrogen and oxygen atoms in total. The number of hydrogen-bond acceptors (Lipinski definition) is 10. The molecule has 290 valence electrons. The van der Waals surface area contributed by atoms with Gasteiger partial charge in [-0.3, -0.25) is 0 Å². The van der Waals surface area contributed by atoms with Crippen molar-refractivity contribution in [2.75, 3.05) is 0 Å². The quantitative estimate of drug-likeness (QED) is 0.271. The predicted molar refractivity (Wildman–Crippen MR) is 189 cm³/mol. The summed E-state index contributed by atoms with van der Waals surface area (Å²) in [6.07, 6.45) is 10.5. The summed E-state index contributed by atoms with van der Waals surface area (Å²) in [6.45, 7) is 13.1. The van der Waals surface area contributed by atoms with Gasteiger partial charge in [0.25, 0.3) is 0 Å². The Morgan fingerprint density at radius 2 is 0.981 bits per heavy atom. The van der Waals surface area contributed by atoms with Gasteiger partial charge >= 0.3 is 0 Å². The molecule has 0 amide bonds. The summed E-state index contributed by atoms with van der Waals surface area (Å²) in [5.74, 6) is 1.28. The molecule has 16 atom stereocenters. The summed E-state index contributed by atoms with van der Waals surface area (Å²) in [4.78, 5) is 24.9. The van der Waals surface area contributed by atoms with Crippen LogP contribution in [0.4, 0.5) is 0 Å². The van der Waals surface area contributed by atoms with Crippen molar-refractivity contribution in [1.82, 2.24) is 0 Å². The van der Waals surface area contributed by atoms with Crippen LogP contribution in [0.5, 0.6) is 0 Å². The Labute approximate surface area is 309 Å². The second-order valence-electron chi connectivity index (χ2n) is 18.7. The molecule has 0 radical (unpaired) electrons. The van der Waals surface area contributed by atoms with Crippen LogP contribution in [-0.4, -0.2) is 57.8 Å². The summed E-state index contributed by atoms with van der Waals surface area (Å²) < 4.78 is 27.2. The normalized spacial score (nSPS) is 50.6. The molecule has 2 spiro atoms. The lowest BCUT2D eigenvalue weighted by atomic mass is 9.57. The van der Waals surface area contributed by atoms with Crippen LogP contribution in [-0.2, 0) is 64.6 Å². The van der Waals surface area contributed by atoms with Crippen LogP contribution >= 0.6 is 0 Å². The lowest BCUT2D eigenvalue weighted by molar-refractivity contribution is -0.571. The molecule has 1 aromatic carbocycles. The van der Waals surface area contributed by atoms with Gasteiger partial charge in [0.2, 0.25) is 11.6 Å². The van der Waals surface area contributed by atoms with E-state index in [1.165, 1.54) is 24.0 Å². The first-order valence-electron chi connectivity index (χ1n) is 20.7. The number of fused-ring (bicyclic) bond motifs is 4. The van der Waals surface area contributed by atoms with Crippen molar-refractivity contribution in [3.8, 4) is 0 Å². The first-order chi connectivity index (χ1) is 24.9. The SMILES string of the molecule is C[C@@H]1CCC2[C@@H](C)[C@@H](CCc3cc(CO)c(CO)cc3CC[C@H]3O[C@@H]4O[C@@]5(C)CCC6[C@H](C)CCC([C@H]3C)[C@]64OO5)O[C@@H]3O[C@@]4(C)CCC1[C@@]23OO4. The molecule has 8 heterocycles. The molecule has 11 rings (SSSR count). The topological polar surface area (TPSA) is 114 Å². The first kappa shape index (κ1) is 36.5. The van der Waals surface area contributed by atoms with Gasteiger partial charge < -0.3 is 29.2 Å². The molecule has 2 aliphatic carbocycles. The Morgan fingerprint density at radius 1 is 0.558 bits per heavy atom. The van der Waals surface area contributed by atoms with E-state index in [1.54, 1.807) is 0 Å². The minimum absolute atomic E-state index is 0.00454. The summed E-state index contributed by atoms with van der Waals surface area (Å²) in [6, 6.07) is 4.23. The standard InChI is InChI=1S/C42H62O10/c1-23-7-11-33-25(3)35(45-37-41(33)31(23)15-17-39(5,47-37)49-51-41)13-9-27-19-29(21-43)30(22-44)20-28(27)10-14-36-26(4)34-12-8-24(2)32-16-18-40(6)48-38(46-36)42(32,34)52-50-40/h19-20,23-26,31-38,43-44H,7-18,21-22H2,1-6H3/t23-,24-,25-,26-,31?,32?,33?,34?,35-,36-,37-,38-,39-,40-,41-,42-/m1/s1. The van der Waals surface area contributed by atoms with Crippen molar-refractivity contribution in [2.45, 2.75) is 179 Å². The Balaban J connectivity index is 0.950. The summed E-state index contributed by atoms with van der Waals surface area (Å²) in [5, 5.41) is 20.6. The van der Waals surface area contributed by atoms with Gasteiger partial charge in [-0.15, -0.1) is 0 Å². The second-order valence-corrected chi connectivity index (χ2v) is 18.7. The van der Waals surface area contributed by atoms with E-state index in [0.29, 0.717) is 23.7 Å². The van der Waals surface area contributed by atoms with Crippen molar-refractivity contribution >= 4 is 0 Å². The first-order valence-corrected chi connectivity index (χ1v) is 20.7. The van der Waals surface area contributed by atoms with E-state index in [1.807, 2.05) is 13.8 Å². The maximum atomic E-state index is 10.3. The van der Waals surface area contributed by atoms with Crippen molar-refractivity contribution < 1.29 is 48.7 Å². The van der Waals surface area contributed by atoms with Crippen LogP contribution in [0.15, 0.2) is 12.1 Å². The van der Waals surface area contributed by atoms with Gasteiger partial charge in [0.05, 0.1) is 25.4 Å². The van der Waals surface area contributed by atoms with Gasteiger partial charge in [0, 0.05) is 24.7 Å². The fourth-order valence-electron chi connectivity index (χ4n) is 12.8. The van der Waals surface area contributed by atoms with Gasteiger partial charge in [0.1, 0.15) is 0 Å². The highest BCUT2D eigenvalue weighted by molar-refractivity contribution is 5.38. The van der Waals surface area contributed by atoms with E-state index < -0.39 is 35.4 Å². The molecule has 10 fully saturated rings. The number of ether oxygens (including phenoxy) is 4. The van der Waals surface area contributed by atoms with Gasteiger partial charge in [-0.1, -0.05) is 39.8 Å². The van der Waals surface area contributed by atoms with E-state index in [-0.39, 0.29) is 49.1 Å². The molecule has 4 bridgehead atoms. The van der Waals surface area contributed by atoms with Crippen molar-refractivity contribution in [3.63, 3.8) is 0 Å². The molecule has 8 aliphatic heterocycles. The number of aryl methyl sites for hydroxylation is 2. The fourth-order valence-corrected chi connectivity index (χ4v) is 12.8. The van der Waals surface area contributed by atoms with Crippen molar-refractivity contribution in [3.05, 3.63) is 34.4 Å². The third kappa shape index (κ3) is 5.47. The summed E-state index contributed by atoms with van der Waals surface area (Å²) in [7, 11) is 0. The molecular formula is C42H62O10. The Bertz CT molecular complexity index is 1400. The minimum atomic E-state index is -0.793. The highest BCUT2D eigenvalue weighted by Gasteiger charge is 2.70. The molecular weight excluding hydrogens is 664 g/mol. The second kappa shape index (κ2) is 13.2. The largest absolute Gasteiger partial charge is 0.392 e. The smallest absolute Gasteiger partial charge is 0.201 e. The van der Waals surface area contributed by atoms with Gasteiger partial charge in [-0.25, -0.2) is 19.6 Å². The van der Waals surface area contributed by atoms with E-state index in [2.05, 4.69) is 39.8 Å². The number of rotatable bonds is 8. The molecule has 2 saturated carbocycles. The van der Waals surface area contributed by atoms with Crippen LogP contribution < -0.4 is 0 Å². The number of hydrogen-bond donors (Lipinski definition) is 2. The van der Waals surface area contributed by atoms with Crippen molar-refractivity contribution in [2.24, 2.45) is 47.3 Å². The molecule has 2 N–H and O–H groups in total. The van der Waals surface area contributed by atoms with E-state index >= 15 is 0 Å². The molecule has 8 saturated heterocycles. The molecule has 10 heteroatoms. The summed E-state index contributed by atoms with van der Waals surface area (Å²) >= 11 is 0. The van der Waals surface area contributed by atoms with Crippen LogP contribution in [0, 0.1) is 47.3 Å². The molecule has 10 aliphatic rings. The predicted octanol–water partition coefficient (Wildman–Crippen LogP) is 7.04. The minimum Gasteiger partial charge on any atom is -0.392 e. The Morgan fingerprint density at radius 3 is 1.38 bits per heavy atom. The van der Waals surface area contributed by atoms with Gasteiger partial charge in [-0.05, 0) is 136 Å². The highest BCUT2D eigenvalue weighted by atomic mass is 17.3. The monoisotopic (exact) mass is 726 g/mol. The number of benzene rings is 1. The van der Waals surface area contributed by atoms with E-state index in [0.717, 1.165) is 75.3 Å². The Hall–Kier alpha value is -1.18. The average Bonchev–Trinajstić information content (AvgIpc) is 3.51. The van der Waals surface area contributed by atoms with Crippen LogP contribution in [0.25, 0.3) is 0 Å². The zero-order valence-corrected chi connectivity index (χ0v) is 32.1. The molecule has 1 aromatic rings.